The van der Waals surface area contributed by atoms with Crippen molar-refractivity contribution in [2.24, 2.45) is 5.73 Å². The summed E-state index contributed by atoms with van der Waals surface area (Å²) in [5, 5.41) is 1.23. The summed E-state index contributed by atoms with van der Waals surface area (Å²) in [6.07, 6.45) is 2.70. The van der Waals surface area contributed by atoms with E-state index in [1.54, 1.807) is 6.07 Å². The molecule has 0 radical (unpaired) electrons. The maximum atomic E-state index is 6.38. The highest BCUT2D eigenvalue weighted by Crippen LogP contribution is 2.33. The third-order valence-corrected chi connectivity index (χ3v) is 4.03. The Hall–Kier alpha value is -1.55. The van der Waals surface area contributed by atoms with E-state index in [4.69, 9.17) is 33.9 Å². The third kappa shape index (κ3) is 2.53. The Labute approximate surface area is 133 Å². The zero-order chi connectivity index (χ0) is 15.0. The summed E-state index contributed by atoms with van der Waals surface area (Å²) in [5.41, 5.74) is 10.6. The van der Waals surface area contributed by atoms with Crippen molar-refractivity contribution in [2.45, 2.75) is 13.3 Å². The first-order valence-corrected chi connectivity index (χ1v) is 7.49. The quantitative estimate of drug-likeness (QED) is 0.789. The van der Waals surface area contributed by atoms with Gasteiger partial charge in [-0.25, -0.2) is 4.98 Å². The number of nitrogens with two attached hydrogens (primary N) is 1. The molecule has 0 amide bonds. The number of imidazole rings is 1. The lowest BCUT2D eigenvalue weighted by Crippen LogP contribution is -2.04. The molecule has 3 nitrogen and oxygen atoms in total. The summed E-state index contributed by atoms with van der Waals surface area (Å²) >= 11 is 12.4. The minimum absolute atomic E-state index is 0.543. The molecule has 0 spiro atoms. The zero-order valence-corrected chi connectivity index (χ0v) is 13.1. The first kappa shape index (κ1) is 14.4. The first-order chi connectivity index (χ1) is 10.1. The molecule has 0 aliphatic heterocycles. The predicted molar refractivity (Wildman–Crippen MR) is 88.1 cm³/mol. The topological polar surface area (TPSA) is 43.3 Å². The SMILES string of the molecule is Cc1cccn2c(-c3ccc(Cl)cc3Cl)c(CCN)nc12. The van der Waals surface area contributed by atoms with E-state index in [-0.39, 0.29) is 0 Å². The number of aryl methyl sites for hydroxylation is 1. The lowest BCUT2D eigenvalue weighted by atomic mass is 10.1. The van der Waals surface area contributed by atoms with E-state index in [2.05, 4.69) is 4.40 Å². The van der Waals surface area contributed by atoms with E-state index in [9.17, 15) is 0 Å². The Morgan fingerprint density at radius 2 is 2.05 bits per heavy atom. The molecule has 21 heavy (non-hydrogen) atoms. The zero-order valence-electron chi connectivity index (χ0n) is 11.6. The number of rotatable bonds is 3. The van der Waals surface area contributed by atoms with Gasteiger partial charge in [0.25, 0.3) is 0 Å². The number of benzene rings is 1. The van der Waals surface area contributed by atoms with Crippen molar-refractivity contribution in [3.63, 3.8) is 0 Å². The smallest absolute Gasteiger partial charge is 0.140 e. The molecule has 0 aliphatic rings. The van der Waals surface area contributed by atoms with E-state index >= 15 is 0 Å². The molecule has 1 aromatic carbocycles. The fraction of sp³-hybridized carbons (Fsp3) is 0.188. The third-order valence-electron chi connectivity index (χ3n) is 3.48. The van der Waals surface area contributed by atoms with Gasteiger partial charge in [0.05, 0.1) is 16.4 Å². The Bertz CT molecular complexity index is 809. The first-order valence-electron chi connectivity index (χ1n) is 6.74. The molecule has 0 bridgehead atoms. The lowest BCUT2D eigenvalue weighted by Gasteiger charge is -2.08. The van der Waals surface area contributed by atoms with Crippen LogP contribution < -0.4 is 5.73 Å². The standard InChI is InChI=1S/C16H15Cl2N3/c1-10-3-2-8-21-15(14(6-7-19)20-16(10)21)12-5-4-11(17)9-13(12)18/h2-5,8-9H,6-7,19H2,1H3. The van der Waals surface area contributed by atoms with Gasteiger partial charge in [0.2, 0.25) is 0 Å². The van der Waals surface area contributed by atoms with Gasteiger partial charge in [-0.05, 0) is 43.3 Å². The van der Waals surface area contributed by atoms with Crippen LogP contribution in [0, 0.1) is 6.92 Å². The molecule has 2 heterocycles. The molecular formula is C16H15Cl2N3. The number of fused-ring (bicyclic) bond motifs is 1. The van der Waals surface area contributed by atoms with E-state index in [0.29, 0.717) is 23.0 Å². The monoisotopic (exact) mass is 319 g/mol. The molecule has 0 atom stereocenters. The maximum Gasteiger partial charge on any atom is 0.140 e. The molecule has 2 aromatic heterocycles. The average molecular weight is 320 g/mol. The normalized spacial score (nSPS) is 11.2. The maximum absolute atomic E-state index is 6.38. The number of hydrogen-bond donors (Lipinski definition) is 1. The van der Waals surface area contributed by atoms with Crippen LogP contribution in [0.25, 0.3) is 16.9 Å². The fourth-order valence-electron chi connectivity index (χ4n) is 2.53. The van der Waals surface area contributed by atoms with Crippen molar-refractivity contribution in [3.05, 3.63) is 57.8 Å². The Balaban J connectivity index is 2.33. The van der Waals surface area contributed by atoms with Crippen LogP contribution in [0.4, 0.5) is 0 Å². The fourth-order valence-corrected chi connectivity index (χ4v) is 3.03. The van der Waals surface area contributed by atoms with Gasteiger partial charge in [0, 0.05) is 23.2 Å². The van der Waals surface area contributed by atoms with Crippen LogP contribution in [0.2, 0.25) is 10.0 Å². The number of hydrogen-bond acceptors (Lipinski definition) is 2. The van der Waals surface area contributed by atoms with Crippen molar-refractivity contribution in [3.8, 4) is 11.3 Å². The van der Waals surface area contributed by atoms with Crippen LogP contribution in [0.3, 0.4) is 0 Å². The average Bonchev–Trinajstić information content (AvgIpc) is 2.79. The number of nitrogens with zero attached hydrogens (tertiary/aromatic N) is 2. The summed E-state index contributed by atoms with van der Waals surface area (Å²) in [7, 11) is 0. The number of pyridine rings is 1. The van der Waals surface area contributed by atoms with E-state index in [1.807, 2.05) is 37.4 Å². The molecule has 0 aliphatic carbocycles. The van der Waals surface area contributed by atoms with Gasteiger partial charge in [-0.3, -0.25) is 4.40 Å². The van der Waals surface area contributed by atoms with Gasteiger partial charge >= 0.3 is 0 Å². The van der Waals surface area contributed by atoms with Gasteiger partial charge in [-0.15, -0.1) is 0 Å². The van der Waals surface area contributed by atoms with Crippen molar-refractivity contribution in [1.82, 2.24) is 9.38 Å². The molecule has 108 valence electrons. The molecule has 3 aromatic rings. The van der Waals surface area contributed by atoms with E-state index in [1.165, 1.54) is 0 Å². The van der Waals surface area contributed by atoms with Gasteiger partial charge in [0.1, 0.15) is 5.65 Å². The second-order valence-electron chi connectivity index (χ2n) is 4.95. The Kier molecular flexibility index (Phi) is 3.89. The minimum Gasteiger partial charge on any atom is -0.330 e. The molecule has 3 rings (SSSR count). The lowest BCUT2D eigenvalue weighted by molar-refractivity contribution is 0.939. The van der Waals surface area contributed by atoms with Crippen LogP contribution in [0.1, 0.15) is 11.3 Å². The molecule has 2 N–H and O–H groups in total. The van der Waals surface area contributed by atoms with Crippen molar-refractivity contribution in [2.75, 3.05) is 6.54 Å². The molecule has 0 unspecified atom stereocenters. The highest BCUT2D eigenvalue weighted by molar-refractivity contribution is 6.36. The second kappa shape index (κ2) is 5.68. The highest BCUT2D eigenvalue weighted by Gasteiger charge is 2.17. The second-order valence-corrected chi connectivity index (χ2v) is 5.80. The molecule has 0 fully saturated rings. The molecule has 0 saturated carbocycles. The summed E-state index contributed by atoms with van der Waals surface area (Å²) < 4.78 is 2.06. The summed E-state index contributed by atoms with van der Waals surface area (Å²) in [6.45, 7) is 2.59. The van der Waals surface area contributed by atoms with Gasteiger partial charge in [-0.1, -0.05) is 29.3 Å². The van der Waals surface area contributed by atoms with Crippen LogP contribution in [-0.4, -0.2) is 15.9 Å². The van der Waals surface area contributed by atoms with Crippen molar-refractivity contribution < 1.29 is 0 Å². The van der Waals surface area contributed by atoms with E-state index in [0.717, 1.165) is 28.2 Å². The number of aromatic nitrogens is 2. The Morgan fingerprint density at radius 1 is 1.24 bits per heavy atom. The van der Waals surface area contributed by atoms with Gasteiger partial charge in [0.15, 0.2) is 0 Å². The predicted octanol–water partition coefficient (Wildman–Crippen LogP) is 4.12. The largest absolute Gasteiger partial charge is 0.330 e. The van der Waals surface area contributed by atoms with Crippen molar-refractivity contribution >= 4 is 28.8 Å². The van der Waals surface area contributed by atoms with Crippen LogP contribution in [0.15, 0.2) is 36.5 Å². The van der Waals surface area contributed by atoms with Gasteiger partial charge in [-0.2, -0.15) is 0 Å². The van der Waals surface area contributed by atoms with Crippen LogP contribution in [-0.2, 0) is 6.42 Å². The minimum atomic E-state index is 0.543. The highest BCUT2D eigenvalue weighted by atomic mass is 35.5. The molecular weight excluding hydrogens is 305 g/mol. The summed E-state index contributed by atoms with van der Waals surface area (Å²) in [4.78, 5) is 4.73. The Morgan fingerprint density at radius 3 is 2.76 bits per heavy atom. The van der Waals surface area contributed by atoms with E-state index < -0.39 is 0 Å². The molecule has 0 saturated heterocycles. The summed E-state index contributed by atoms with van der Waals surface area (Å²) in [5.74, 6) is 0. The number of halogens is 2. The van der Waals surface area contributed by atoms with Gasteiger partial charge < -0.3 is 5.73 Å². The summed E-state index contributed by atoms with van der Waals surface area (Å²) in [6, 6.07) is 9.56. The van der Waals surface area contributed by atoms with Crippen LogP contribution >= 0.6 is 23.2 Å². The van der Waals surface area contributed by atoms with Crippen molar-refractivity contribution in [1.29, 1.82) is 0 Å². The van der Waals surface area contributed by atoms with Crippen LogP contribution in [0.5, 0.6) is 0 Å². The molecule has 5 heteroatoms.